The van der Waals surface area contributed by atoms with E-state index in [1.165, 1.54) is 0 Å². The highest BCUT2D eigenvalue weighted by Gasteiger charge is 2.21. The molecular weight excluding hydrogens is 452 g/mol. The largest absolute Gasteiger partial charge is 0.489 e. The third kappa shape index (κ3) is 9.80. The van der Waals surface area contributed by atoms with E-state index in [-0.39, 0.29) is 5.91 Å². The van der Waals surface area contributed by atoms with E-state index in [9.17, 15) is 9.59 Å². The van der Waals surface area contributed by atoms with Gasteiger partial charge in [-0.25, -0.2) is 4.79 Å². The molecule has 0 aliphatic heterocycles. The first-order valence-corrected chi connectivity index (χ1v) is 12.5. The molecule has 0 fully saturated rings. The van der Waals surface area contributed by atoms with Gasteiger partial charge in [0.25, 0.3) is 0 Å². The topological polar surface area (TPSA) is 105 Å². The van der Waals surface area contributed by atoms with Crippen LogP contribution in [0.1, 0.15) is 36.8 Å². The van der Waals surface area contributed by atoms with Crippen LogP contribution in [0.2, 0.25) is 0 Å². The number of amides is 3. The minimum absolute atomic E-state index is 0.197. The molecule has 1 atom stereocenters. The number of urea groups is 1. The Morgan fingerprint density at radius 3 is 2.08 bits per heavy atom. The molecule has 190 valence electrons. The minimum Gasteiger partial charge on any atom is -0.489 e. The van der Waals surface area contributed by atoms with Gasteiger partial charge in [-0.15, -0.1) is 0 Å². The zero-order chi connectivity index (χ0) is 25.4. The standard InChI is InChI=1S/C29H36N4O3/c30-19-9-1-2-10-20-31-28(34)27(21-23-11-5-3-6-12-23)33-29(35)32-25-15-17-26(18-16-25)36-22-24-13-7-4-8-14-24/h3-8,11-18,27H,1-2,9-10,19-22,30H2,(H,31,34)(H2,32,33,35)/t27-/m0/s1. The fourth-order valence-electron chi connectivity index (χ4n) is 3.72. The zero-order valence-corrected chi connectivity index (χ0v) is 20.6. The highest BCUT2D eigenvalue weighted by Crippen LogP contribution is 2.17. The predicted octanol–water partition coefficient (Wildman–Crippen LogP) is 4.63. The molecule has 3 rings (SSSR count). The summed E-state index contributed by atoms with van der Waals surface area (Å²) in [6, 6.07) is 25.6. The maximum absolute atomic E-state index is 12.9. The number of benzene rings is 3. The monoisotopic (exact) mass is 488 g/mol. The van der Waals surface area contributed by atoms with Crippen molar-refractivity contribution >= 4 is 17.6 Å². The molecule has 36 heavy (non-hydrogen) atoms. The van der Waals surface area contributed by atoms with Gasteiger partial charge in [0.15, 0.2) is 0 Å². The van der Waals surface area contributed by atoms with E-state index in [0.717, 1.165) is 36.8 Å². The average molecular weight is 489 g/mol. The number of nitrogens with one attached hydrogen (secondary N) is 3. The average Bonchev–Trinajstić information content (AvgIpc) is 2.91. The normalized spacial score (nSPS) is 11.4. The highest BCUT2D eigenvalue weighted by atomic mass is 16.5. The third-order valence-electron chi connectivity index (χ3n) is 5.70. The number of rotatable bonds is 14. The van der Waals surface area contributed by atoms with Crippen molar-refractivity contribution in [2.24, 2.45) is 5.73 Å². The molecule has 0 saturated heterocycles. The van der Waals surface area contributed by atoms with Crippen LogP contribution in [0.3, 0.4) is 0 Å². The summed E-state index contributed by atoms with van der Waals surface area (Å²) in [6.07, 6.45) is 4.34. The fourth-order valence-corrected chi connectivity index (χ4v) is 3.72. The molecule has 0 unspecified atom stereocenters. The van der Waals surface area contributed by atoms with Crippen molar-refractivity contribution < 1.29 is 14.3 Å². The third-order valence-corrected chi connectivity index (χ3v) is 5.70. The zero-order valence-electron chi connectivity index (χ0n) is 20.6. The molecule has 3 aromatic rings. The van der Waals surface area contributed by atoms with Crippen LogP contribution in [-0.2, 0) is 17.8 Å². The molecule has 0 aliphatic rings. The molecule has 3 aromatic carbocycles. The number of hydrogen-bond acceptors (Lipinski definition) is 4. The molecule has 0 aliphatic carbocycles. The van der Waals surface area contributed by atoms with Crippen molar-refractivity contribution in [3.05, 3.63) is 96.1 Å². The van der Waals surface area contributed by atoms with Gasteiger partial charge in [-0.05, 0) is 54.8 Å². The van der Waals surface area contributed by atoms with Crippen molar-refractivity contribution in [1.29, 1.82) is 0 Å². The van der Waals surface area contributed by atoms with Crippen LogP contribution < -0.4 is 26.4 Å². The van der Waals surface area contributed by atoms with Gasteiger partial charge in [-0.2, -0.15) is 0 Å². The maximum atomic E-state index is 12.9. The minimum atomic E-state index is -0.690. The lowest BCUT2D eigenvalue weighted by Crippen LogP contribution is -2.49. The predicted molar refractivity (Wildman–Crippen MR) is 144 cm³/mol. The molecule has 0 radical (unpaired) electrons. The molecule has 7 heteroatoms. The summed E-state index contributed by atoms with van der Waals surface area (Å²) >= 11 is 0. The lowest BCUT2D eigenvalue weighted by atomic mass is 10.1. The van der Waals surface area contributed by atoms with Gasteiger partial charge in [-0.3, -0.25) is 4.79 Å². The van der Waals surface area contributed by atoms with Gasteiger partial charge in [0.05, 0.1) is 0 Å². The number of hydrogen-bond donors (Lipinski definition) is 4. The van der Waals surface area contributed by atoms with Crippen LogP contribution in [0.4, 0.5) is 10.5 Å². The molecular formula is C29H36N4O3. The summed E-state index contributed by atoms with van der Waals surface area (Å²) in [5.74, 6) is 0.509. The highest BCUT2D eigenvalue weighted by molar-refractivity contribution is 5.93. The summed E-state index contributed by atoms with van der Waals surface area (Å²) in [7, 11) is 0. The van der Waals surface area contributed by atoms with Gasteiger partial charge in [0.1, 0.15) is 18.4 Å². The van der Waals surface area contributed by atoms with Crippen LogP contribution in [0, 0.1) is 0 Å². The quantitative estimate of drug-likeness (QED) is 0.248. The summed E-state index contributed by atoms with van der Waals surface area (Å²) in [6.45, 7) is 1.73. The van der Waals surface area contributed by atoms with E-state index in [0.29, 0.717) is 37.6 Å². The Balaban J connectivity index is 1.51. The van der Waals surface area contributed by atoms with Gasteiger partial charge in [0, 0.05) is 18.7 Å². The van der Waals surface area contributed by atoms with E-state index < -0.39 is 12.1 Å². The van der Waals surface area contributed by atoms with Crippen molar-refractivity contribution in [2.75, 3.05) is 18.4 Å². The second kappa shape index (κ2) is 15.2. The number of unbranched alkanes of at least 4 members (excludes halogenated alkanes) is 3. The molecule has 0 spiro atoms. The van der Waals surface area contributed by atoms with E-state index in [4.69, 9.17) is 10.5 Å². The number of carbonyl (C=O) groups excluding carboxylic acids is 2. The van der Waals surface area contributed by atoms with E-state index >= 15 is 0 Å². The second-order valence-corrected chi connectivity index (χ2v) is 8.63. The maximum Gasteiger partial charge on any atom is 0.319 e. The Bertz CT molecular complexity index is 1040. The van der Waals surface area contributed by atoms with Crippen LogP contribution in [-0.4, -0.2) is 31.1 Å². The van der Waals surface area contributed by atoms with Gasteiger partial charge < -0.3 is 26.4 Å². The molecule has 0 aromatic heterocycles. The van der Waals surface area contributed by atoms with E-state index in [1.807, 2.05) is 60.7 Å². The fraction of sp³-hybridized carbons (Fsp3) is 0.310. The van der Waals surface area contributed by atoms with Crippen molar-refractivity contribution in [1.82, 2.24) is 10.6 Å². The number of ether oxygens (including phenoxy) is 1. The first kappa shape index (κ1) is 26.8. The lowest BCUT2D eigenvalue weighted by molar-refractivity contribution is -0.122. The molecule has 5 N–H and O–H groups in total. The van der Waals surface area contributed by atoms with Crippen molar-refractivity contribution in [3.63, 3.8) is 0 Å². The molecule has 0 saturated carbocycles. The number of anilines is 1. The SMILES string of the molecule is NCCCCCCNC(=O)[C@H](Cc1ccccc1)NC(=O)Nc1ccc(OCc2ccccc2)cc1. The smallest absolute Gasteiger partial charge is 0.319 e. The molecule has 7 nitrogen and oxygen atoms in total. The molecule has 3 amide bonds. The first-order valence-electron chi connectivity index (χ1n) is 12.5. The van der Waals surface area contributed by atoms with Crippen LogP contribution >= 0.6 is 0 Å². The van der Waals surface area contributed by atoms with Gasteiger partial charge in [0.2, 0.25) is 5.91 Å². The Kier molecular flexibility index (Phi) is 11.3. The lowest BCUT2D eigenvalue weighted by Gasteiger charge is -2.19. The van der Waals surface area contributed by atoms with Crippen LogP contribution in [0.25, 0.3) is 0 Å². The Morgan fingerprint density at radius 1 is 0.778 bits per heavy atom. The summed E-state index contributed by atoms with van der Waals surface area (Å²) < 4.78 is 5.80. The van der Waals surface area contributed by atoms with Crippen molar-refractivity contribution in [2.45, 2.75) is 44.8 Å². The Morgan fingerprint density at radius 2 is 1.42 bits per heavy atom. The van der Waals surface area contributed by atoms with Crippen LogP contribution in [0.5, 0.6) is 5.75 Å². The van der Waals surface area contributed by atoms with Crippen molar-refractivity contribution in [3.8, 4) is 5.75 Å². The number of carbonyl (C=O) groups is 2. The second-order valence-electron chi connectivity index (χ2n) is 8.63. The van der Waals surface area contributed by atoms with E-state index in [1.54, 1.807) is 24.3 Å². The summed E-state index contributed by atoms with van der Waals surface area (Å²) in [5.41, 5.74) is 8.19. The molecule has 0 bridgehead atoms. The first-order chi connectivity index (χ1) is 17.6. The summed E-state index contributed by atoms with van der Waals surface area (Å²) in [4.78, 5) is 25.6. The Hall–Kier alpha value is -3.84. The summed E-state index contributed by atoms with van der Waals surface area (Å²) in [5, 5.41) is 8.59. The van der Waals surface area contributed by atoms with Crippen LogP contribution in [0.15, 0.2) is 84.9 Å². The molecule has 0 heterocycles. The van der Waals surface area contributed by atoms with Gasteiger partial charge in [-0.1, -0.05) is 73.5 Å². The van der Waals surface area contributed by atoms with E-state index in [2.05, 4.69) is 16.0 Å². The number of nitrogens with two attached hydrogens (primary N) is 1. The van der Waals surface area contributed by atoms with Gasteiger partial charge >= 0.3 is 6.03 Å². The Labute approximate surface area is 213 Å².